The molecule has 1 amide bonds. The van der Waals surface area contributed by atoms with Gasteiger partial charge >= 0.3 is 7.12 Å². The Balaban J connectivity index is 1.67. The fourth-order valence-electron chi connectivity index (χ4n) is 3.64. The number of hydrogen-bond donors (Lipinski definition) is 1. The molecular weight excluding hydrogens is 355 g/mol. The van der Waals surface area contributed by atoms with Gasteiger partial charge in [0, 0.05) is 30.5 Å². The molecule has 2 unspecified atom stereocenters. The molecule has 0 bridgehead atoms. The van der Waals surface area contributed by atoms with Crippen LogP contribution < -0.4 is 15.5 Å². The van der Waals surface area contributed by atoms with Gasteiger partial charge in [0.1, 0.15) is 11.9 Å². The lowest BCUT2D eigenvalue weighted by molar-refractivity contribution is -0.119. The topological polar surface area (TPSA) is 69.7 Å². The lowest BCUT2D eigenvalue weighted by atomic mass is 9.78. The van der Waals surface area contributed by atoms with Crippen molar-refractivity contribution < 1.29 is 18.8 Å². The minimum Gasteiger partial charge on any atom is -0.490 e. The molecule has 2 aromatic rings. The van der Waals surface area contributed by atoms with Crippen LogP contribution in [0.1, 0.15) is 41.0 Å². The molecule has 2 fully saturated rings. The van der Waals surface area contributed by atoms with Gasteiger partial charge in [-0.15, -0.1) is 0 Å². The normalized spacial score (nSPS) is 24.4. The summed E-state index contributed by atoms with van der Waals surface area (Å²) in [5, 5.41) is 3.81. The van der Waals surface area contributed by atoms with Crippen LogP contribution in [0.5, 0.6) is 5.75 Å². The first-order valence-electron chi connectivity index (χ1n) is 9.84. The van der Waals surface area contributed by atoms with Crippen molar-refractivity contribution >= 4 is 29.4 Å². The molecule has 6 nitrogen and oxygen atoms in total. The highest BCUT2D eigenvalue weighted by Crippen LogP contribution is 2.37. The molecule has 1 N–H and O–H groups in total. The third kappa shape index (κ3) is 3.37. The number of pyridine rings is 1. The monoisotopic (exact) mass is 382 g/mol. The maximum Gasteiger partial charge on any atom is 0.495 e. The first-order valence-corrected chi connectivity index (χ1v) is 9.84. The van der Waals surface area contributed by atoms with Crippen molar-refractivity contribution in [2.45, 2.75) is 58.3 Å². The molecule has 0 aliphatic carbocycles. The summed E-state index contributed by atoms with van der Waals surface area (Å²) in [7, 11) is -0.483. The van der Waals surface area contributed by atoms with Crippen molar-refractivity contribution in [2.24, 2.45) is 5.92 Å². The van der Waals surface area contributed by atoms with E-state index in [0.717, 1.165) is 22.1 Å². The van der Waals surface area contributed by atoms with Gasteiger partial charge in [0.2, 0.25) is 5.91 Å². The predicted molar refractivity (Wildman–Crippen MR) is 109 cm³/mol. The van der Waals surface area contributed by atoms with Crippen LogP contribution in [0.3, 0.4) is 0 Å². The van der Waals surface area contributed by atoms with E-state index in [1.165, 1.54) is 0 Å². The van der Waals surface area contributed by atoms with Gasteiger partial charge in [0.05, 0.1) is 16.7 Å². The number of fused-ring (bicyclic) bond motifs is 1. The Morgan fingerprint density at radius 2 is 1.96 bits per heavy atom. The zero-order valence-corrected chi connectivity index (χ0v) is 17.1. The molecule has 2 atom stereocenters. The smallest absolute Gasteiger partial charge is 0.490 e. The SMILES string of the molecule is CC(Oc1cc(B2OC(C)(C)C(C)(C)O2)cc2ncccc12)C1CNC(=O)C1. The van der Waals surface area contributed by atoms with E-state index in [1.807, 2.05) is 58.9 Å². The summed E-state index contributed by atoms with van der Waals surface area (Å²) in [6.07, 6.45) is 2.16. The summed E-state index contributed by atoms with van der Waals surface area (Å²) in [5.41, 5.74) is 0.882. The molecule has 2 aliphatic rings. The van der Waals surface area contributed by atoms with E-state index in [2.05, 4.69) is 10.3 Å². The van der Waals surface area contributed by atoms with Crippen LogP contribution in [0.2, 0.25) is 0 Å². The van der Waals surface area contributed by atoms with Gasteiger partial charge in [-0.25, -0.2) is 0 Å². The Morgan fingerprint density at radius 1 is 1.25 bits per heavy atom. The van der Waals surface area contributed by atoms with Crippen LogP contribution >= 0.6 is 0 Å². The summed E-state index contributed by atoms with van der Waals surface area (Å²) in [6.45, 7) is 10.8. The molecule has 1 aromatic carbocycles. The molecular formula is C21H27BN2O4. The highest BCUT2D eigenvalue weighted by atomic mass is 16.7. The van der Waals surface area contributed by atoms with E-state index in [4.69, 9.17) is 14.0 Å². The second kappa shape index (κ2) is 6.74. The van der Waals surface area contributed by atoms with Crippen LogP contribution in [0, 0.1) is 5.92 Å². The zero-order chi connectivity index (χ0) is 20.1. The maximum absolute atomic E-state index is 11.6. The largest absolute Gasteiger partial charge is 0.495 e. The molecule has 4 rings (SSSR count). The summed E-state index contributed by atoms with van der Waals surface area (Å²) < 4.78 is 18.7. The summed E-state index contributed by atoms with van der Waals surface area (Å²) in [5.74, 6) is 0.972. The number of benzene rings is 1. The van der Waals surface area contributed by atoms with E-state index >= 15 is 0 Å². The van der Waals surface area contributed by atoms with Crippen molar-refractivity contribution in [2.75, 3.05) is 6.54 Å². The predicted octanol–water partition coefficient (Wildman–Crippen LogP) is 2.44. The van der Waals surface area contributed by atoms with Crippen molar-refractivity contribution in [3.05, 3.63) is 30.5 Å². The Hall–Kier alpha value is -2.12. The Kier molecular flexibility index (Phi) is 4.63. The number of carbonyl (C=O) groups excluding carboxylic acids is 1. The molecule has 0 radical (unpaired) electrons. The second-order valence-electron chi connectivity index (χ2n) is 8.77. The van der Waals surface area contributed by atoms with Gasteiger partial charge in [-0.3, -0.25) is 9.78 Å². The molecule has 7 heteroatoms. The Labute approximate surface area is 166 Å². The first kappa shape index (κ1) is 19.2. The van der Waals surface area contributed by atoms with Crippen molar-refractivity contribution in [1.82, 2.24) is 10.3 Å². The fraction of sp³-hybridized carbons (Fsp3) is 0.524. The minimum atomic E-state index is -0.483. The van der Waals surface area contributed by atoms with Gasteiger partial charge in [-0.1, -0.05) is 0 Å². The van der Waals surface area contributed by atoms with E-state index in [1.54, 1.807) is 6.20 Å². The Bertz CT molecular complexity index is 898. The van der Waals surface area contributed by atoms with E-state index in [-0.39, 0.29) is 17.9 Å². The lowest BCUT2D eigenvalue weighted by Gasteiger charge is -2.32. The highest BCUT2D eigenvalue weighted by Gasteiger charge is 2.51. The Morgan fingerprint density at radius 3 is 2.61 bits per heavy atom. The third-order valence-corrected chi connectivity index (χ3v) is 6.22. The molecule has 2 aliphatic heterocycles. The zero-order valence-electron chi connectivity index (χ0n) is 17.1. The average molecular weight is 382 g/mol. The van der Waals surface area contributed by atoms with Crippen molar-refractivity contribution in [3.63, 3.8) is 0 Å². The van der Waals surface area contributed by atoms with Gasteiger partial charge in [0.15, 0.2) is 0 Å². The number of aromatic nitrogens is 1. The molecule has 28 heavy (non-hydrogen) atoms. The summed E-state index contributed by atoms with van der Waals surface area (Å²) in [6, 6.07) is 7.87. The van der Waals surface area contributed by atoms with Crippen LogP contribution in [0.25, 0.3) is 10.9 Å². The number of rotatable bonds is 4. The van der Waals surface area contributed by atoms with Crippen LogP contribution in [-0.4, -0.2) is 41.9 Å². The second-order valence-corrected chi connectivity index (χ2v) is 8.77. The average Bonchev–Trinajstić information content (AvgIpc) is 3.15. The number of ether oxygens (including phenoxy) is 1. The molecule has 2 saturated heterocycles. The number of nitrogens with zero attached hydrogens (tertiary/aromatic N) is 1. The number of carbonyl (C=O) groups is 1. The quantitative estimate of drug-likeness (QED) is 0.823. The number of hydrogen-bond acceptors (Lipinski definition) is 5. The van der Waals surface area contributed by atoms with Crippen LogP contribution in [0.15, 0.2) is 30.5 Å². The van der Waals surface area contributed by atoms with E-state index < -0.39 is 18.3 Å². The molecule has 0 spiro atoms. The van der Waals surface area contributed by atoms with E-state index in [9.17, 15) is 4.79 Å². The number of nitrogens with one attached hydrogen (secondary N) is 1. The highest BCUT2D eigenvalue weighted by molar-refractivity contribution is 6.62. The van der Waals surface area contributed by atoms with Crippen LogP contribution in [-0.2, 0) is 14.1 Å². The summed E-state index contributed by atoms with van der Waals surface area (Å²) in [4.78, 5) is 16.1. The van der Waals surface area contributed by atoms with E-state index in [0.29, 0.717) is 13.0 Å². The van der Waals surface area contributed by atoms with Gasteiger partial charge in [0.25, 0.3) is 0 Å². The standard InChI is InChI=1S/C21H27BN2O4/c1-13(14-9-19(25)24-12-14)26-18-11-15(10-17-16(18)7-6-8-23-17)22-27-20(2,3)21(4,5)28-22/h6-8,10-11,13-14H,9,12H2,1-5H3,(H,24,25). The van der Waals surface area contributed by atoms with Crippen LogP contribution in [0.4, 0.5) is 0 Å². The minimum absolute atomic E-state index is 0.0814. The maximum atomic E-state index is 11.6. The molecule has 0 saturated carbocycles. The van der Waals surface area contributed by atoms with Gasteiger partial charge < -0.3 is 19.4 Å². The number of amides is 1. The van der Waals surface area contributed by atoms with Gasteiger partial charge in [-0.2, -0.15) is 0 Å². The summed E-state index contributed by atoms with van der Waals surface area (Å²) >= 11 is 0. The lowest BCUT2D eigenvalue weighted by Crippen LogP contribution is -2.41. The van der Waals surface area contributed by atoms with Gasteiger partial charge in [-0.05, 0) is 64.3 Å². The van der Waals surface area contributed by atoms with Crippen molar-refractivity contribution in [3.8, 4) is 5.75 Å². The molecule has 3 heterocycles. The molecule has 1 aromatic heterocycles. The third-order valence-electron chi connectivity index (χ3n) is 6.22. The fourth-order valence-corrected chi connectivity index (χ4v) is 3.64. The first-order chi connectivity index (χ1) is 13.2. The van der Waals surface area contributed by atoms with Crippen molar-refractivity contribution in [1.29, 1.82) is 0 Å². The molecule has 148 valence electrons.